The number of nitrogens with one attached hydrogen (secondary N) is 1. The second-order valence-corrected chi connectivity index (χ2v) is 14.5. The second-order valence-electron chi connectivity index (χ2n) is 12.7. The second kappa shape index (κ2) is 13.4. The summed E-state index contributed by atoms with van der Waals surface area (Å²) in [5.74, 6) is -0.135. The van der Waals surface area contributed by atoms with E-state index in [0.29, 0.717) is 41.0 Å². The first kappa shape index (κ1) is 35.7. The Kier molecular flexibility index (Phi) is 9.92. The minimum absolute atomic E-state index is 0.127. The number of hydrogen-bond acceptors (Lipinski definition) is 8. The summed E-state index contributed by atoms with van der Waals surface area (Å²) in [6.45, 7) is 8.06. The molecule has 15 heteroatoms. The Hall–Kier alpha value is -3.63. The summed E-state index contributed by atoms with van der Waals surface area (Å²) in [5, 5.41) is 0. The Morgan fingerprint density at radius 1 is 0.958 bits per heavy atom. The summed E-state index contributed by atoms with van der Waals surface area (Å²) in [6.07, 6.45) is -3.21. The number of sulfonamides is 1. The highest BCUT2D eigenvalue weighted by atomic mass is 32.2. The van der Waals surface area contributed by atoms with Crippen LogP contribution in [0.25, 0.3) is 11.1 Å². The predicted molar refractivity (Wildman–Crippen MR) is 176 cm³/mol. The quantitative estimate of drug-likeness (QED) is 0.165. The third-order valence-corrected chi connectivity index (χ3v) is 9.22. The van der Waals surface area contributed by atoms with E-state index < -0.39 is 40.1 Å². The maximum atomic E-state index is 14.0. The van der Waals surface area contributed by atoms with E-state index in [1.165, 1.54) is 18.1 Å². The largest absolute Gasteiger partial charge is 0.494 e. The molecular formula is C33H38BF3N2O8S. The van der Waals surface area contributed by atoms with Gasteiger partial charge in [-0.05, 0) is 86.6 Å². The number of halogens is 3. The monoisotopic (exact) mass is 690 g/mol. The molecule has 10 nitrogen and oxygen atoms in total. The van der Waals surface area contributed by atoms with Gasteiger partial charge in [-0.1, -0.05) is 24.3 Å². The molecule has 0 aromatic heterocycles. The molecule has 2 aliphatic rings. The molecule has 0 aliphatic carbocycles. The maximum absolute atomic E-state index is 14.0. The Balaban J connectivity index is 1.42. The lowest BCUT2D eigenvalue weighted by atomic mass is 9.76. The molecule has 48 heavy (non-hydrogen) atoms. The van der Waals surface area contributed by atoms with Crippen molar-refractivity contribution in [2.75, 3.05) is 49.5 Å². The molecule has 0 unspecified atom stereocenters. The first-order valence-corrected chi connectivity index (χ1v) is 17.1. The molecule has 1 amide bonds. The van der Waals surface area contributed by atoms with Crippen molar-refractivity contribution in [1.29, 1.82) is 0 Å². The zero-order valence-corrected chi connectivity index (χ0v) is 28.4. The summed E-state index contributed by atoms with van der Waals surface area (Å²) >= 11 is 0. The van der Waals surface area contributed by atoms with Crippen LogP contribution in [0.3, 0.4) is 0 Å². The van der Waals surface area contributed by atoms with Gasteiger partial charge in [-0.3, -0.25) is 9.52 Å². The topological polar surface area (TPSA) is 113 Å². The predicted octanol–water partition coefficient (Wildman–Crippen LogP) is 5.25. The van der Waals surface area contributed by atoms with Crippen LogP contribution >= 0.6 is 0 Å². The molecule has 0 spiro atoms. The van der Waals surface area contributed by atoms with Crippen LogP contribution < -0.4 is 19.8 Å². The third kappa shape index (κ3) is 7.81. The van der Waals surface area contributed by atoms with E-state index in [4.69, 9.17) is 23.5 Å². The lowest BCUT2D eigenvalue weighted by molar-refractivity contribution is -0.137. The van der Waals surface area contributed by atoms with E-state index in [1.807, 2.05) is 27.7 Å². The third-order valence-electron chi connectivity index (χ3n) is 8.63. The van der Waals surface area contributed by atoms with Crippen LogP contribution in [-0.4, -0.2) is 72.6 Å². The van der Waals surface area contributed by atoms with Crippen molar-refractivity contribution < 1.29 is 49.9 Å². The number of nitrogens with zero attached hydrogens (tertiary/aromatic N) is 1. The normalized spacial score (nSPS) is 17.4. The SMILES string of the molecule is COCCOCOc1ccc(N2CCc3cc(-c4cc(B5OC(C)(C)C(C)(C)O5)cc(C(F)(F)F)c4)ccc3C2=O)cc1NS(C)(=O)=O. The first-order valence-electron chi connectivity index (χ1n) is 15.2. The summed E-state index contributed by atoms with van der Waals surface area (Å²) in [4.78, 5) is 15.2. The Bertz CT molecular complexity index is 1780. The standard InChI is InChI=1S/C33H38BF3N2O8S/c1-31(2)32(3,4)47-34(46-31)25-17-23(16-24(18-25)33(35,36)37)21-7-9-27-22(15-21)11-12-39(30(27)40)26-8-10-29(45-20-44-14-13-43-5)28(19-26)38-48(6,41)42/h7-10,15-19,38H,11-14,20H2,1-6H3. The molecule has 258 valence electrons. The van der Waals surface area contributed by atoms with Gasteiger partial charge in [0.25, 0.3) is 5.91 Å². The highest BCUT2D eigenvalue weighted by Crippen LogP contribution is 2.39. The molecule has 1 N–H and O–H groups in total. The summed E-state index contributed by atoms with van der Waals surface area (Å²) in [5.41, 5.74) is 0.356. The van der Waals surface area contributed by atoms with E-state index in [9.17, 15) is 26.4 Å². The van der Waals surface area contributed by atoms with E-state index in [0.717, 1.165) is 18.4 Å². The number of fused-ring (bicyclic) bond motifs is 1. The molecule has 5 rings (SSSR count). The number of alkyl halides is 3. The zero-order chi connectivity index (χ0) is 35.1. The number of anilines is 2. The van der Waals surface area contributed by atoms with Gasteiger partial charge in [0.1, 0.15) is 5.75 Å². The van der Waals surface area contributed by atoms with Crippen LogP contribution in [0, 0.1) is 0 Å². The number of amides is 1. The Morgan fingerprint density at radius 3 is 2.31 bits per heavy atom. The van der Waals surface area contributed by atoms with Crippen molar-refractivity contribution in [2.24, 2.45) is 0 Å². The van der Waals surface area contributed by atoms with Crippen molar-refractivity contribution in [3.63, 3.8) is 0 Å². The first-order chi connectivity index (χ1) is 22.4. The maximum Gasteiger partial charge on any atom is 0.494 e. The number of ether oxygens (including phenoxy) is 3. The number of hydrogen-bond donors (Lipinski definition) is 1. The van der Waals surface area contributed by atoms with Crippen molar-refractivity contribution >= 4 is 39.9 Å². The minimum atomic E-state index is -4.61. The number of carbonyl (C=O) groups excluding carboxylic acids is 1. The molecule has 3 aromatic carbocycles. The van der Waals surface area contributed by atoms with Crippen molar-refractivity contribution in [2.45, 2.75) is 51.5 Å². The lowest BCUT2D eigenvalue weighted by Crippen LogP contribution is -2.41. The fourth-order valence-electron chi connectivity index (χ4n) is 5.41. The van der Waals surface area contributed by atoms with E-state index in [-0.39, 0.29) is 42.8 Å². The molecule has 0 saturated carbocycles. The fraction of sp³-hybridized carbons (Fsp3) is 0.424. The van der Waals surface area contributed by atoms with Crippen LogP contribution in [0.5, 0.6) is 5.75 Å². The van der Waals surface area contributed by atoms with Crippen LogP contribution in [0.1, 0.15) is 49.2 Å². The molecule has 3 aromatic rings. The zero-order valence-electron chi connectivity index (χ0n) is 27.6. The van der Waals surface area contributed by atoms with E-state index >= 15 is 0 Å². The Morgan fingerprint density at radius 2 is 1.67 bits per heavy atom. The Labute approximate surface area is 278 Å². The van der Waals surface area contributed by atoms with Crippen molar-refractivity contribution in [3.8, 4) is 16.9 Å². The van der Waals surface area contributed by atoms with Gasteiger partial charge >= 0.3 is 13.3 Å². The molecule has 1 saturated heterocycles. The molecule has 2 aliphatic heterocycles. The van der Waals surface area contributed by atoms with Gasteiger partial charge in [0.2, 0.25) is 10.0 Å². The highest BCUT2D eigenvalue weighted by Gasteiger charge is 2.52. The van der Waals surface area contributed by atoms with Gasteiger partial charge in [-0.2, -0.15) is 13.2 Å². The van der Waals surface area contributed by atoms with Crippen LogP contribution in [0.2, 0.25) is 0 Å². The molecule has 1 fully saturated rings. The smallest absolute Gasteiger partial charge is 0.465 e. The van der Waals surface area contributed by atoms with Gasteiger partial charge < -0.3 is 28.4 Å². The number of carbonyl (C=O) groups is 1. The van der Waals surface area contributed by atoms with Crippen LogP contribution in [0.4, 0.5) is 24.5 Å². The molecule has 0 atom stereocenters. The fourth-order valence-corrected chi connectivity index (χ4v) is 5.97. The molecule has 2 heterocycles. The van der Waals surface area contributed by atoms with Crippen molar-refractivity contribution in [3.05, 3.63) is 71.3 Å². The molecular weight excluding hydrogens is 652 g/mol. The van der Waals surface area contributed by atoms with Gasteiger partial charge in [0.05, 0.1) is 41.9 Å². The van der Waals surface area contributed by atoms with E-state index in [2.05, 4.69) is 4.72 Å². The average Bonchev–Trinajstić information content (AvgIpc) is 3.22. The van der Waals surface area contributed by atoms with Gasteiger partial charge in [-0.25, -0.2) is 8.42 Å². The van der Waals surface area contributed by atoms with Crippen LogP contribution in [-0.2, 0) is 41.4 Å². The van der Waals surface area contributed by atoms with Gasteiger partial charge in [0, 0.05) is 24.9 Å². The lowest BCUT2D eigenvalue weighted by Gasteiger charge is -2.32. The summed E-state index contributed by atoms with van der Waals surface area (Å²) < 4.78 is 96.7. The molecule has 0 bridgehead atoms. The molecule has 0 radical (unpaired) electrons. The average molecular weight is 691 g/mol. The van der Waals surface area contributed by atoms with Crippen molar-refractivity contribution in [1.82, 2.24) is 0 Å². The van der Waals surface area contributed by atoms with Gasteiger partial charge in [-0.15, -0.1) is 0 Å². The van der Waals surface area contributed by atoms with E-state index in [1.54, 1.807) is 36.4 Å². The summed E-state index contributed by atoms with van der Waals surface area (Å²) in [7, 11) is -3.15. The number of methoxy groups -OCH3 is 1. The van der Waals surface area contributed by atoms with Gasteiger partial charge in [0.15, 0.2) is 6.79 Å². The number of rotatable bonds is 11. The minimum Gasteiger partial charge on any atom is -0.465 e. The van der Waals surface area contributed by atoms with Crippen LogP contribution in [0.15, 0.2) is 54.6 Å². The highest BCUT2D eigenvalue weighted by molar-refractivity contribution is 7.92. The number of benzene rings is 3. The summed E-state index contributed by atoms with van der Waals surface area (Å²) in [6, 6.07) is 13.4.